The number of carboxylic acid groups (broad SMARTS) is 1. The summed E-state index contributed by atoms with van der Waals surface area (Å²) >= 11 is 0. The molecule has 0 radical (unpaired) electrons. The summed E-state index contributed by atoms with van der Waals surface area (Å²) in [6, 6.07) is 28.7. The van der Waals surface area contributed by atoms with Crippen LogP contribution in [0.15, 0.2) is 89.7 Å². The lowest BCUT2D eigenvalue weighted by Gasteiger charge is -2.38. The number of aromatic nitrogens is 2. The molecule has 4 aromatic rings. The van der Waals surface area contributed by atoms with Gasteiger partial charge >= 0.3 is 11.8 Å². The van der Waals surface area contributed by atoms with E-state index in [1.807, 2.05) is 34.9 Å². The highest BCUT2D eigenvalue weighted by atomic mass is 16.4. The van der Waals surface area contributed by atoms with E-state index in [-0.39, 0.29) is 17.8 Å². The van der Waals surface area contributed by atoms with Gasteiger partial charge in [0.1, 0.15) is 0 Å². The topological polar surface area (TPSA) is 81.6 Å². The fourth-order valence-electron chi connectivity index (χ4n) is 6.04. The fraction of sp³-hybridized carbons (Fsp3) is 0.375. The van der Waals surface area contributed by atoms with Crippen molar-refractivity contribution in [3.05, 3.63) is 107 Å². The number of amides is 1. The first kappa shape index (κ1) is 26.8. The average Bonchev–Trinajstić information content (AvgIpc) is 3.29. The molecule has 1 aromatic heterocycles. The first-order valence-electron chi connectivity index (χ1n) is 14.1. The molecule has 204 valence electrons. The third kappa shape index (κ3) is 6.79. The van der Waals surface area contributed by atoms with E-state index in [0.717, 1.165) is 56.4 Å². The summed E-state index contributed by atoms with van der Waals surface area (Å²) in [6.07, 6.45) is 4.24. The third-order valence-corrected chi connectivity index (χ3v) is 7.97. The predicted molar refractivity (Wildman–Crippen MR) is 155 cm³/mol. The van der Waals surface area contributed by atoms with Crippen LogP contribution in [-0.2, 0) is 13.0 Å². The average molecular weight is 527 g/mol. The number of likely N-dealkylation sites (tertiary alicyclic amines) is 1. The lowest BCUT2D eigenvalue weighted by atomic mass is 9.93. The largest absolute Gasteiger partial charge is 0.465 e. The fourth-order valence-corrected chi connectivity index (χ4v) is 6.04. The predicted octanol–water partition coefficient (Wildman–Crippen LogP) is 5.93. The number of hydrogen-bond acceptors (Lipinski definition) is 3. The van der Waals surface area contributed by atoms with E-state index < -0.39 is 6.09 Å². The van der Waals surface area contributed by atoms with Crippen molar-refractivity contribution in [1.82, 2.24) is 19.4 Å². The number of carbonyl (C=O) groups is 1. The Balaban J connectivity index is 1.23. The Labute approximate surface area is 229 Å². The maximum absolute atomic E-state index is 12.8. The zero-order chi connectivity index (χ0) is 27.0. The summed E-state index contributed by atoms with van der Waals surface area (Å²) in [5.41, 5.74) is 4.25. The molecule has 1 aliphatic rings. The number of H-pyrrole nitrogens is 1. The van der Waals surface area contributed by atoms with Crippen LogP contribution in [0, 0.1) is 0 Å². The first-order chi connectivity index (χ1) is 19.1. The highest BCUT2D eigenvalue weighted by Gasteiger charge is 2.33. The van der Waals surface area contributed by atoms with Gasteiger partial charge in [-0.15, -0.1) is 0 Å². The van der Waals surface area contributed by atoms with Crippen molar-refractivity contribution in [2.75, 3.05) is 19.6 Å². The molecule has 2 N–H and O–H groups in total. The molecular weight excluding hydrogens is 488 g/mol. The minimum atomic E-state index is -0.867. The molecule has 0 spiro atoms. The van der Waals surface area contributed by atoms with Gasteiger partial charge in [0, 0.05) is 25.2 Å². The van der Waals surface area contributed by atoms with E-state index in [4.69, 9.17) is 0 Å². The van der Waals surface area contributed by atoms with Gasteiger partial charge in [-0.3, -0.25) is 9.47 Å². The van der Waals surface area contributed by atoms with Gasteiger partial charge in [-0.1, -0.05) is 72.8 Å². The Bertz CT molecular complexity index is 1400. The minimum absolute atomic E-state index is 0.0134. The van der Waals surface area contributed by atoms with Crippen LogP contribution in [0.2, 0.25) is 0 Å². The Hall–Kier alpha value is -3.84. The van der Waals surface area contributed by atoms with E-state index in [1.54, 1.807) is 4.90 Å². The molecule has 0 unspecified atom stereocenters. The molecule has 0 bridgehead atoms. The summed E-state index contributed by atoms with van der Waals surface area (Å²) in [7, 11) is 0. The molecule has 1 aliphatic heterocycles. The molecule has 0 saturated carbocycles. The zero-order valence-corrected chi connectivity index (χ0v) is 22.4. The zero-order valence-electron chi connectivity index (χ0n) is 22.4. The molecule has 5 rings (SSSR count). The molecule has 1 amide bonds. The van der Waals surface area contributed by atoms with Crippen LogP contribution in [0.5, 0.6) is 0 Å². The number of hydrogen-bond donors (Lipinski definition) is 2. The number of piperidine rings is 1. The van der Waals surface area contributed by atoms with E-state index >= 15 is 0 Å². The molecule has 39 heavy (non-hydrogen) atoms. The quantitative estimate of drug-likeness (QED) is 0.254. The van der Waals surface area contributed by atoms with Gasteiger partial charge in [0.05, 0.1) is 11.0 Å². The highest BCUT2D eigenvalue weighted by molar-refractivity contribution is 5.75. The smallest absolute Gasteiger partial charge is 0.407 e. The molecule has 1 saturated heterocycles. The van der Waals surface area contributed by atoms with E-state index in [1.165, 1.54) is 11.1 Å². The van der Waals surface area contributed by atoms with Crippen molar-refractivity contribution in [2.45, 2.75) is 57.2 Å². The number of para-hydroxylation sites is 2. The second-order valence-corrected chi connectivity index (χ2v) is 10.6. The number of nitrogens with zero attached hydrogens (tertiary/aromatic N) is 3. The third-order valence-electron chi connectivity index (χ3n) is 7.97. The monoisotopic (exact) mass is 526 g/mol. The molecular formula is C32H38N4O3. The van der Waals surface area contributed by atoms with Crippen LogP contribution in [0.1, 0.15) is 49.3 Å². The number of nitrogens with one attached hydrogen (secondary N) is 1. The number of fused-ring (bicyclic) bond motifs is 1. The Morgan fingerprint density at radius 3 is 2.31 bits per heavy atom. The molecule has 7 nitrogen and oxygen atoms in total. The lowest BCUT2D eigenvalue weighted by molar-refractivity contribution is 0.0855. The number of aromatic amines is 1. The summed E-state index contributed by atoms with van der Waals surface area (Å²) in [6.45, 7) is 3.23. The standard InChI is InChI=1S/C32H38N4O3/c37-31-33-29-17-7-8-18-30(29)36(31)28-19-22-35(32(38)39)27(23-28)16-10-21-34(24-26-13-5-2-6-14-26)20-9-15-25-11-3-1-4-12-25/h1-8,11-14,17-18,27-28H,9-10,15-16,19-24H2,(H,33,37)(H,38,39)/t27-,28-/m0/s1. The van der Waals surface area contributed by atoms with Crippen LogP contribution >= 0.6 is 0 Å². The summed E-state index contributed by atoms with van der Waals surface area (Å²) in [5.74, 6) is 0. The van der Waals surface area contributed by atoms with Gasteiger partial charge in [-0.2, -0.15) is 0 Å². The van der Waals surface area contributed by atoms with E-state index in [9.17, 15) is 14.7 Å². The number of aryl methyl sites for hydroxylation is 1. The molecule has 2 heterocycles. The molecule has 0 aliphatic carbocycles. The lowest BCUT2D eigenvalue weighted by Crippen LogP contribution is -2.47. The molecule has 7 heteroatoms. The summed E-state index contributed by atoms with van der Waals surface area (Å²) in [4.78, 5) is 31.9. The van der Waals surface area contributed by atoms with Crippen molar-refractivity contribution >= 4 is 17.1 Å². The van der Waals surface area contributed by atoms with Crippen molar-refractivity contribution in [2.24, 2.45) is 0 Å². The normalized spacial score (nSPS) is 17.6. The van der Waals surface area contributed by atoms with Gasteiger partial charge in [0.25, 0.3) is 0 Å². The van der Waals surface area contributed by atoms with Gasteiger partial charge in [0.15, 0.2) is 0 Å². The highest BCUT2D eigenvalue weighted by Crippen LogP contribution is 2.31. The number of rotatable bonds is 11. The Morgan fingerprint density at radius 1 is 0.897 bits per heavy atom. The Morgan fingerprint density at radius 2 is 1.56 bits per heavy atom. The van der Waals surface area contributed by atoms with Crippen LogP contribution < -0.4 is 5.69 Å². The maximum Gasteiger partial charge on any atom is 0.407 e. The molecule has 1 fully saturated rings. The second-order valence-electron chi connectivity index (χ2n) is 10.6. The van der Waals surface area contributed by atoms with Gasteiger partial charge in [-0.05, 0) is 74.9 Å². The molecule has 2 atom stereocenters. The van der Waals surface area contributed by atoms with Crippen molar-refractivity contribution < 1.29 is 9.90 Å². The van der Waals surface area contributed by atoms with Crippen molar-refractivity contribution in [1.29, 1.82) is 0 Å². The SMILES string of the molecule is O=C(O)N1CC[C@H](n2c(=O)[nH]c3ccccc32)C[C@@H]1CCCN(CCCc1ccccc1)Cc1ccccc1. The van der Waals surface area contributed by atoms with Crippen LogP contribution in [0.25, 0.3) is 11.0 Å². The number of benzene rings is 3. The van der Waals surface area contributed by atoms with E-state index in [0.29, 0.717) is 19.4 Å². The van der Waals surface area contributed by atoms with Crippen LogP contribution in [0.3, 0.4) is 0 Å². The van der Waals surface area contributed by atoms with Gasteiger partial charge < -0.3 is 15.0 Å². The van der Waals surface area contributed by atoms with Crippen molar-refractivity contribution in [3.8, 4) is 0 Å². The minimum Gasteiger partial charge on any atom is -0.465 e. The van der Waals surface area contributed by atoms with Gasteiger partial charge in [0.2, 0.25) is 0 Å². The summed E-state index contributed by atoms with van der Waals surface area (Å²) in [5, 5.41) is 9.92. The second kappa shape index (κ2) is 12.8. The van der Waals surface area contributed by atoms with Crippen LogP contribution in [-0.4, -0.2) is 56.2 Å². The first-order valence-corrected chi connectivity index (χ1v) is 14.1. The van der Waals surface area contributed by atoms with E-state index in [2.05, 4.69) is 64.5 Å². The maximum atomic E-state index is 12.8. The number of imidazole rings is 1. The van der Waals surface area contributed by atoms with Gasteiger partial charge in [-0.25, -0.2) is 9.59 Å². The summed E-state index contributed by atoms with van der Waals surface area (Å²) < 4.78 is 1.84. The Kier molecular flexibility index (Phi) is 8.78. The molecule has 3 aromatic carbocycles. The van der Waals surface area contributed by atoms with Crippen molar-refractivity contribution in [3.63, 3.8) is 0 Å². The van der Waals surface area contributed by atoms with Crippen LogP contribution in [0.4, 0.5) is 4.79 Å².